The van der Waals surface area contributed by atoms with Crippen molar-refractivity contribution in [2.24, 2.45) is 0 Å². The van der Waals surface area contributed by atoms with Crippen LogP contribution in [0.2, 0.25) is 5.15 Å². The van der Waals surface area contributed by atoms with E-state index >= 15 is 0 Å². The fraction of sp³-hybridized carbons (Fsp3) is 0.100. The second kappa shape index (κ2) is 3.75. The second-order valence-corrected chi connectivity index (χ2v) is 3.93. The quantitative estimate of drug-likeness (QED) is 0.739. The van der Waals surface area contributed by atoms with Gasteiger partial charge in [0.25, 0.3) is 0 Å². The summed E-state index contributed by atoms with van der Waals surface area (Å²) >= 11 is 9.22. The zero-order valence-corrected chi connectivity index (χ0v) is 9.76. The van der Waals surface area contributed by atoms with E-state index in [0.717, 1.165) is 21.1 Å². The fourth-order valence-electron chi connectivity index (χ4n) is 1.36. The molecule has 0 radical (unpaired) electrons. The molecule has 1 heterocycles. The third-order valence-corrected chi connectivity index (χ3v) is 2.77. The van der Waals surface area contributed by atoms with Gasteiger partial charge in [0.15, 0.2) is 0 Å². The van der Waals surface area contributed by atoms with Crippen LogP contribution >= 0.6 is 27.5 Å². The Morgan fingerprint density at radius 1 is 1.36 bits per heavy atom. The maximum Gasteiger partial charge on any atom is 0.131 e. The maximum absolute atomic E-state index is 5.86. The molecule has 0 spiro atoms. The molecule has 0 bridgehead atoms. The summed E-state index contributed by atoms with van der Waals surface area (Å²) < 4.78 is 5.97. The monoisotopic (exact) mass is 271 g/mol. The van der Waals surface area contributed by atoms with Crippen LogP contribution in [0.25, 0.3) is 10.8 Å². The average molecular weight is 273 g/mol. The Morgan fingerprint density at radius 3 is 2.86 bits per heavy atom. The molecule has 0 aliphatic heterocycles. The number of halogens is 2. The molecule has 1 aromatic heterocycles. The van der Waals surface area contributed by atoms with Crippen molar-refractivity contribution in [3.8, 4) is 5.75 Å². The molecule has 0 fully saturated rings. The van der Waals surface area contributed by atoms with Crippen LogP contribution in [-0.4, -0.2) is 12.1 Å². The van der Waals surface area contributed by atoms with Gasteiger partial charge in [0.2, 0.25) is 0 Å². The molecule has 0 atom stereocenters. The average Bonchev–Trinajstić information content (AvgIpc) is 2.17. The van der Waals surface area contributed by atoms with Crippen molar-refractivity contribution in [2.45, 2.75) is 0 Å². The van der Waals surface area contributed by atoms with E-state index in [9.17, 15) is 0 Å². The molecule has 0 amide bonds. The molecule has 2 rings (SSSR count). The minimum Gasteiger partial charge on any atom is -0.496 e. The molecule has 4 heteroatoms. The molecular formula is C10H7BrClNO. The van der Waals surface area contributed by atoms with Gasteiger partial charge in [0.05, 0.1) is 7.11 Å². The summed E-state index contributed by atoms with van der Waals surface area (Å²) in [5.74, 6) is 0.799. The number of methoxy groups -OCH3 is 1. The Kier molecular flexibility index (Phi) is 2.61. The van der Waals surface area contributed by atoms with Gasteiger partial charge in [-0.2, -0.15) is 0 Å². The fourth-order valence-corrected chi connectivity index (χ4v) is 2.19. The molecule has 0 unspecified atom stereocenters. The van der Waals surface area contributed by atoms with Gasteiger partial charge in [0, 0.05) is 10.8 Å². The number of ether oxygens (including phenoxy) is 1. The van der Waals surface area contributed by atoms with Crippen molar-refractivity contribution in [1.82, 2.24) is 4.98 Å². The zero-order valence-electron chi connectivity index (χ0n) is 7.42. The highest BCUT2D eigenvalue weighted by atomic mass is 79.9. The van der Waals surface area contributed by atoms with Crippen LogP contribution in [0.4, 0.5) is 0 Å². The van der Waals surface area contributed by atoms with Crippen LogP contribution in [0.15, 0.2) is 28.9 Å². The lowest BCUT2D eigenvalue weighted by Gasteiger charge is -2.06. The number of benzene rings is 1. The zero-order chi connectivity index (χ0) is 10.1. The first-order valence-corrected chi connectivity index (χ1v) is 5.18. The lowest BCUT2D eigenvalue weighted by molar-refractivity contribution is 0.420. The second-order valence-electron chi connectivity index (χ2n) is 2.79. The van der Waals surface area contributed by atoms with Crippen molar-refractivity contribution in [2.75, 3.05) is 7.11 Å². The predicted octanol–water partition coefficient (Wildman–Crippen LogP) is 3.66. The summed E-state index contributed by atoms with van der Waals surface area (Å²) in [6.07, 6.45) is 0. The maximum atomic E-state index is 5.86. The van der Waals surface area contributed by atoms with Crippen molar-refractivity contribution < 1.29 is 4.74 Å². The number of hydrogen-bond donors (Lipinski definition) is 0. The molecule has 2 aromatic rings. The van der Waals surface area contributed by atoms with Crippen LogP contribution in [0.3, 0.4) is 0 Å². The standard InChI is InChI=1S/C10H7BrClNO/c1-14-8-4-2-3-6-7(8)5-9(12)13-10(6)11/h2-5H,1H3. The third-order valence-electron chi connectivity index (χ3n) is 1.98. The van der Waals surface area contributed by atoms with Crippen molar-refractivity contribution >= 4 is 38.3 Å². The first kappa shape index (κ1) is 9.74. The van der Waals surface area contributed by atoms with E-state index in [1.54, 1.807) is 13.2 Å². The van der Waals surface area contributed by atoms with Crippen LogP contribution in [0.5, 0.6) is 5.75 Å². The molecule has 0 aliphatic carbocycles. The predicted molar refractivity (Wildman–Crippen MR) is 61.0 cm³/mol. The molecule has 14 heavy (non-hydrogen) atoms. The third kappa shape index (κ3) is 1.57. The molecule has 0 aliphatic rings. The van der Waals surface area contributed by atoms with Crippen LogP contribution in [0, 0.1) is 0 Å². The number of aromatic nitrogens is 1. The number of hydrogen-bond acceptors (Lipinski definition) is 2. The highest BCUT2D eigenvalue weighted by Crippen LogP contribution is 2.31. The highest BCUT2D eigenvalue weighted by molar-refractivity contribution is 9.10. The Hall–Kier alpha value is -0.800. The summed E-state index contributed by atoms with van der Waals surface area (Å²) in [6.45, 7) is 0. The van der Waals surface area contributed by atoms with Gasteiger partial charge < -0.3 is 4.74 Å². The first-order valence-electron chi connectivity index (χ1n) is 4.01. The molecule has 72 valence electrons. The number of fused-ring (bicyclic) bond motifs is 1. The summed E-state index contributed by atoms with van der Waals surface area (Å²) in [5.41, 5.74) is 0. The van der Waals surface area contributed by atoms with Crippen LogP contribution in [-0.2, 0) is 0 Å². The van der Waals surface area contributed by atoms with Crippen LogP contribution < -0.4 is 4.74 Å². The van der Waals surface area contributed by atoms with E-state index in [2.05, 4.69) is 20.9 Å². The summed E-state index contributed by atoms with van der Waals surface area (Å²) in [4.78, 5) is 4.10. The lowest BCUT2D eigenvalue weighted by atomic mass is 10.1. The number of rotatable bonds is 1. The van der Waals surface area contributed by atoms with Gasteiger partial charge in [-0.25, -0.2) is 4.98 Å². The van der Waals surface area contributed by atoms with E-state index in [-0.39, 0.29) is 0 Å². The summed E-state index contributed by atoms with van der Waals surface area (Å²) in [5, 5.41) is 2.41. The Labute approximate surface area is 95.0 Å². The van der Waals surface area contributed by atoms with Gasteiger partial charge >= 0.3 is 0 Å². The van der Waals surface area contributed by atoms with Crippen LogP contribution in [0.1, 0.15) is 0 Å². The SMILES string of the molecule is COc1cccc2c(Br)nc(Cl)cc12. The minimum absolute atomic E-state index is 0.453. The molecule has 2 nitrogen and oxygen atoms in total. The van der Waals surface area contributed by atoms with E-state index in [4.69, 9.17) is 16.3 Å². The van der Waals surface area contributed by atoms with Gasteiger partial charge in [0.1, 0.15) is 15.5 Å². The van der Waals surface area contributed by atoms with Crippen molar-refractivity contribution in [3.05, 3.63) is 34.0 Å². The largest absolute Gasteiger partial charge is 0.496 e. The Morgan fingerprint density at radius 2 is 2.14 bits per heavy atom. The van der Waals surface area contributed by atoms with E-state index in [0.29, 0.717) is 5.15 Å². The summed E-state index contributed by atoms with van der Waals surface area (Å²) in [7, 11) is 1.64. The first-order chi connectivity index (χ1) is 6.72. The van der Waals surface area contributed by atoms with Crippen molar-refractivity contribution in [3.63, 3.8) is 0 Å². The molecule has 0 saturated carbocycles. The molecule has 1 aromatic carbocycles. The van der Waals surface area contributed by atoms with E-state index in [1.807, 2.05) is 18.2 Å². The lowest BCUT2D eigenvalue weighted by Crippen LogP contribution is -1.87. The van der Waals surface area contributed by atoms with Gasteiger partial charge in [-0.15, -0.1) is 0 Å². The number of nitrogens with zero attached hydrogens (tertiary/aromatic N) is 1. The summed E-state index contributed by atoms with van der Waals surface area (Å²) in [6, 6.07) is 7.57. The van der Waals surface area contributed by atoms with Gasteiger partial charge in [-0.3, -0.25) is 0 Å². The highest BCUT2D eigenvalue weighted by Gasteiger charge is 2.06. The minimum atomic E-state index is 0.453. The van der Waals surface area contributed by atoms with Gasteiger partial charge in [-0.1, -0.05) is 23.7 Å². The van der Waals surface area contributed by atoms with Gasteiger partial charge in [-0.05, 0) is 28.1 Å². The van der Waals surface area contributed by atoms with E-state index in [1.165, 1.54) is 0 Å². The number of pyridine rings is 1. The van der Waals surface area contributed by atoms with E-state index < -0.39 is 0 Å². The topological polar surface area (TPSA) is 22.1 Å². The molecular weight excluding hydrogens is 265 g/mol. The molecule has 0 N–H and O–H groups in total. The smallest absolute Gasteiger partial charge is 0.131 e. The Balaban J connectivity index is 2.86. The van der Waals surface area contributed by atoms with Crippen molar-refractivity contribution in [1.29, 1.82) is 0 Å². The molecule has 0 saturated heterocycles. The Bertz CT molecular complexity index is 487. The normalized spacial score (nSPS) is 10.5.